The third kappa shape index (κ3) is 4.86. The fourth-order valence-corrected chi connectivity index (χ4v) is 2.94. The van der Waals surface area contributed by atoms with Gasteiger partial charge in [0.25, 0.3) is 0 Å². The van der Waals surface area contributed by atoms with Crippen LogP contribution in [0, 0.1) is 0 Å². The first-order valence-electron chi connectivity index (χ1n) is 4.65. The van der Waals surface area contributed by atoms with Crippen LogP contribution in [0.15, 0.2) is 24.3 Å². The Morgan fingerprint density at radius 1 is 1.40 bits per heavy atom. The van der Waals surface area contributed by atoms with Gasteiger partial charge in [0.1, 0.15) is 0 Å². The second-order valence-corrected chi connectivity index (χ2v) is 5.36. The molecule has 0 radical (unpaired) electrons. The first-order valence-corrected chi connectivity index (χ1v) is 7.07. The normalized spacial score (nSPS) is 9.93. The average Bonchev–Trinajstić information content (AvgIpc) is 2.25. The van der Waals surface area contributed by atoms with Gasteiger partial charge in [0, 0.05) is 0 Å². The Morgan fingerprint density at radius 3 is 2.60 bits per heavy atom. The van der Waals surface area contributed by atoms with Gasteiger partial charge >= 0.3 is 95.3 Å². The van der Waals surface area contributed by atoms with Gasteiger partial charge in [0.2, 0.25) is 0 Å². The molecule has 0 heterocycles. The molecule has 0 aliphatic rings. The molecule has 0 atom stereocenters. The number of carboxylic acids is 1. The molecule has 1 rings (SSSR count). The van der Waals surface area contributed by atoms with Gasteiger partial charge in [-0.1, -0.05) is 0 Å². The summed E-state index contributed by atoms with van der Waals surface area (Å²) in [6.45, 7) is 0. The Bertz CT molecular complexity index is 308. The molecule has 0 aromatic heterocycles. The van der Waals surface area contributed by atoms with Crippen LogP contribution >= 0.6 is 0 Å². The van der Waals surface area contributed by atoms with Gasteiger partial charge in [-0.05, 0) is 0 Å². The van der Waals surface area contributed by atoms with Crippen LogP contribution in [0.2, 0.25) is 5.32 Å². The van der Waals surface area contributed by atoms with Gasteiger partial charge in [0.15, 0.2) is 0 Å². The summed E-state index contributed by atoms with van der Waals surface area (Å²) in [7, 11) is 1.64. The van der Waals surface area contributed by atoms with E-state index < -0.39 is 5.97 Å². The second-order valence-electron chi connectivity index (χ2n) is 3.04. The zero-order valence-corrected chi connectivity index (χ0v) is 10.3. The summed E-state index contributed by atoms with van der Waals surface area (Å²) in [6, 6.07) is 7.92. The van der Waals surface area contributed by atoms with Crippen molar-refractivity contribution in [2.45, 2.75) is 17.1 Å². The number of carboxylic acid groups (broad SMARTS) is 1. The second kappa shape index (κ2) is 6.49. The fourth-order valence-electron chi connectivity index (χ4n) is 1.07. The van der Waals surface area contributed by atoms with Crippen LogP contribution in [0.5, 0.6) is 5.75 Å². The van der Waals surface area contributed by atoms with Crippen molar-refractivity contribution in [1.82, 2.24) is 0 Å². The Balaban J connectivity index is 2.28. The standard InChI is InChI=1S/C11H14O3Se/c1-14-10-4-2-9(3-5-10)8-15-7-6-11(12)13/h2-5H,6-8H2,1H3,(H,12,13). The summed E-state index contributed by atoms with van der Waals surface area (Å²) < 4.78 is 5.05. The summed E-state index contributed by atoms with van der Waals surface area (Å²) in [5, 5.41) is 10.3. The van der Waals surface area contributed by atoms with Crippen LogP contribution in [0.4, 0.5) is 0 Å². The molecule has 0 aliphatic carbocycles. The van der Waals surface area contributed by atoms with E-state index in [2.05, 4.69) is 0 Å². The monoisotopic (exact) mass is 274 g/mol. The van der Waals surface area contributed by atoms with Gasteiger partial charge in [-0.2, -0.15) is 0 Å². The Labute approximate surface area is 95.6 Å². The zero-order valence-electron chi connectivity index (χ0n) is 8.60. The van der Waals surface area contributed by atoms with E-state index in [0.29, 0.717) is 15.0 Å². The van der Waals surface area contributed by atoms with Crippen LogP contribution in [0.25, 0.3) is 0 Å². The average molecular weight is 273 g/mol. The molecule has 1 aromatic rings. The Kier molecular flexibility index (Phi) is 5.22. The zero-order chi connectivity index (χ0) is 11.1. The van der Waals surface area contributed by atoms with Gasteiger partial charge in [0.05, 0.1) is 0 Å². The van der Waals surface area contributed by atoms with Crippen molar-refractivity contribution in [2.75, 3.05) is 7.11 Å². The molecule has 0 aliphatic heterocycles. The third-order valence-corrected chi connectivity index (χ3v) is 4.05. The Hall–Kier alpha value is -0.991. The number of ether oxygens (including phenoxy) is 1. The molecule has 0 saturated carbocycles. The van der Waals surface area contributed by atoms with E-state index in [0.717, 1.165) is 16.4 Å². The van der Waals surface area contributed by atoms with E-state index in [1.165, 1.54) is 5.56 Å². The number of carbonyl (C=O) groups is 1. The summed E-state index contributed by atoms with van der Waals surface area (Å²) in [5.74, 6) is 0.156. The number of rotatable bonds is 6. The first-order chi connectivity index (χ1) is 7.22. The fraction of sp³-hybridized carbons (Fsp3) is 0.364. The predicted octanol–water partition coefficient (Wildman–Crippen LogP) is 1.79. The number of hydrogen-bond donors (Lipinski definition) is 1. The number of hydrogen-bond acceptors (Lipinski definition) is 2. The van der Waals surface area contributed by atoms with E-state index in [-0.39, 0.29) is 6.42 Å². The summed E-state index contributed by atoms with van der Waals surface area (Å²) in [6.07, 6.45) is 0.288. The minimum atomic E-state index is -0.702. The van der Waals surface area contributed by atoms with Crippen molar-refractivity contribution >= 4 is 20.9 Å². The molecule has 0 amide bonds. The molecule has 1 aromatic carbocycles. The molecule has 0 saturated heterocycles. The van der Waals surface area contributed by atoms with Crippen molar-refractivity contribution in [3.8, 4) is 5.75 Å². The molecular weight excluding hydrogens is 259 g/mol. The van der Waals surface area contributed by atoms with Crippen molar-refractivity contribution in [1.29, 1.82) is 0 Å². The van der Waals surface area contributed by atoms with E-state index in [9.17, 15) is 4.79 Å². The first kappa shape index (κ1) is 12.1. The molecule has 0 fully saturated rings. The topological polar surface area (TPSA) is 46.5 Å². The van der Waals surface area contributed by atoms with E-state index >= 15 is 0 Å². The van der Waals surface area contributed by atoms with Gasteiger partial charge in [-0.3, -0.25) is 0 Å². The van der Waals surface area contributed by atoms with Gasteiger partial charge < -0.3 is 0 Å². The third-order valence-electron chi connectivity index (χ3n) is 1.89. The SMILES string of the molecule is COc1ccc(C[Se]CCC(=O)O)cc1. The van der Waals surface area contributed by atoms with Crippen LogP contribution in [-0.4, -0.2) is 33.1 Å². The molecule has 0 spiro atoms. The molecule has 0 unspecified atom stereocenters. The predicted molar refractivity (Wildman–Crippen MR) is 59.5 cm³/mol. The van der Waals surface area contributed by atoms with Gasteiger partial charge in [-0.25, -0.2) is 0 Å². The molecule has 4 heteroatoms. The number of aliphatic carboxylic acids is 1. The molecule has 1 N–H and O–H groups in total. The van der Waals surface area contributed by atoms with Crippen LogP contribution in [-0.2, 0) is 10.1 Å². The molecule has 0 bridgehead atoms. The maximum absolute atomic E-state index is 10.3. The van der Waals surface area contributed by atoms with E-state index in [1.807, 2.05) is 24.3 Å². The molecule has 3 nitrogen and oxygen atoms in total. The van der Waals surface area contributed by atoms with Crippen LogP contribution < -0.4 is 4.74 Å². The number of methoxy groups -OCH3 is 1. The van der Waals surface area contributed by atoms with E-state index in [1.54, 1.807) is 7.11 Å². The van der Waals surface area contributed by atoms with Crippen molar-refractivity contribution in [3.63, 3.8) is 0 Å². The summed E-state index contributed by atoms with van der Waals surface area (Å²) in [4.78, 5) is 10.3. The molecule has 15 heavy (non-hydrogen) atoms. The summed E-state index contributed by atoms with van der Waals surface area (Å²) in [5.41, 5.74) is 1.25. The van der Waals surface area contributed by atoms with Crippen molar-refractivity contribution in [2.24, 2.45) is 0 Å². The van der Waals surface area contributed by atoms with Crippen LogP contribution in [0.1, 0.15) is 12.0 Å². The quantitative estimate of drug-likeness (QED) is 0.635. The molecular formula is C11H14O3Se. The van der Waals surface area contributed by atoms with Crippen LogP contribution in [0.3, 0.4) is 0 Å². The van der Waals surface area contributed by atoms with Crippen molar-refractivity contribution < 1.29 is 14.6 Å². The Morgan fingerprint density at radius 2 is 2.07 bits per heavy atom. The van der Waals surface area contributed by atoms with Gasteiger partial charge in [-0.15, -0.1) is 0 Å². The molecule has 82 valence electrons. The van der Waals surface area contributed by atoms with E-state index in [4.69, 9.17) is 9.84 Å². The maximum atomic E-state index is 10.3. The number of benzene rings is 1. The summed E-state index contributed by atoms with van der Waals surface area (Å²) >= 11 is 0.382. The minimum absolute atomic E-state index is 0.288. The van der Waals surface area contributed by atoms with Crippen molar-refractivity contribution in [3.05, 3.63) is 29.8 Å².